The van der Waals surface area contributed by atoms with E-state index in [9.17, 15) is 0 Å². The molecule has 0 radical (unpaired) electrons. The van der Waals surface area contributed by atoms with E-state index in [1.54, 1.807) is 12.0 Å². The molecule has 0 unspecified atom stereocenters. The summed E-state index contributed by atoms with van der Waals surface area (Å²) in [6.07, 6.45) is 2.51. The first-order valence-electron chi connectivity index (χ1n) is 6.13. The minimum Gasteiger partial charge on any atom is -0.311 e. The Hall–Kier alpha value is 0.230. The van der Waals surface area contributed by atoms with Crippen LogP contribution in [0.1, 0.15) is 47.5 Å². The van der Waals surface area contributed by atoms with Gasteiger partial charge in [-0.15, -0.1) is 0 Å². The van der Waals surface area contributed by atoms with Gasteiger partial charge in [0.2, 0.25) is 0 Å². The number of hydrogen-bond acceptors (Lipinski definition) is 4. The fourth-order valence-corrected chi connectivity index (χ4v) is 3.25. The quantitative estimate of drug-likeness (QED) is 0.444. The molecule has 1 rings (SSSR count). The Morgan fingerprint density at radius 2 is 1.81 bits per heavy atom. The Kier molecular flexibility index (Phi) is 5.10. The molecule has 1 aliphatic rings. The van der Waals surface area contributed by atoms with Crippen LogP contribution in [0.3, 0.4) is 0 Å². The molecule has 1 aliphatic heterocycles. The van der Waals surface area contributed by atoms with Gasteiger partial charge in [-0.1, -0.05) is 6.92 Å². The molecule has 96 valence electrons. The first kappa shape index (κ1) is 14.3. The Bertz CT molecular complexity index is 203. The van der Waals surface area contributed by atoms with Crippen LogP contribution in [0.2, 0.25) is 0 Å². The lowest BCUT2D eigenvalue weighted by Crippen LogP contribution is -2.59. The first-order valence-corrected chi connectivity index (χ1v) is 7.04. The Morgan fingerprint density at radius 1 is 1.25 bits per heavy atom. The predicted molar refractivity (Wildman–Crippen MR) is 71.5 cm³/mol. The van der Waals surface area contributed by atoms with Crippen molar-refractivity contribution in [3.63, 3.8) is 0 Å². The summed E-state index contributed by atoms with van der Waals surface area (Å²) >= 11 is 1.55. The summed E-state index contributed by atoms with van der Waals surface area (Å²) in [7, 11) is 0. The van der Waals surface area contributed by atoms with Crippen molar-refractivity contribution in [2.45, 2.75) is 64.6 Å². The monoisotopic (exact) mass is 246 g/mol. The SMILES string of the molecule is CCNCSOC1CC(C)(C)NC(C)(C)C1. The first-order chi connectivity index (χ1) is 7.35. The van der Waals surface area contributed by atoms with Gasteiger partial charge in [-0.05, 0) is 47.1 Å². The second-order valence-corrected chi connectivity index (χ2v) is 6.60. The minimum absolute atomic E-state index is 0.172. The average molecular weight is 246 g/mol. The van der Waals surface area contributed by atoms with Crippen LogP contribution in [0.15, 0.2) is 0 Å². The molecule has 0 saturated carbocycles. The van der Waals surface area contributed by atoms with E-state index in [0.29, 0.717) is 6.10 Å². The van der Waals surface area contributed by atoms with E-state index in [1.807, 2.05) is 0 Å². The van der Waals surface area contributed by atoms with Crippen molar-refractivity contribution < 1.29 is 4.18 Å². The van der Waals surface area contributed by atoms with Gasteiger partial charge in [0.25, 0.3) is 0 Å². The minimum atomic E-state index is 0.172. The van der Waals surface area contributed by atoms with Crippen LogP contribution in [-0.2, 0) is 4.18 Å². The van der Waals surface area contributed by atoms with Crippen molar-refractivity contribution >= 4 is 12.0 Å². The summed E-state index contributed by atoms with van der Waals surface area (Å²) in [6, 6.07) is 0. The Labute approximate surface area is 104 Å². The van der Waals surface area contributed by atoms with E-state index in [2.05, 4.69) is 45.3 Å². The molecule has 0 aromatic rings. The van der Waals surface area contributed by atoms with E-state index in [4.69, 9.17) is 4.18 Å². The lowest BCUT2D eigenvalue weighted by atomic mass is 9.81. The molecule has 1 saturated heterocycles. The van der Waals surface area contributed by atoms with Gasteiger partial charge in [-0.2, -0.15) is 0 Å². The number of rotatable bonds is 5. The van der Waals surface area contributed by atoms with Crippen molar-refractivity contribution in [1.29, 1.82) is 0 Å². The molecule has 0 aromatic heterocycles. The van der Waals surface area contributed by atoms with Gasteiger partial charge in [0.05, 0.1) is 12.0 Å². The lowest BCUT2D eigenvalue weighted by molar-refractivity contribution is 0.0695. The van der Waals surface area contributed by atoms with Crippen LogP contribution in [0.25, 0.3) is 0 Å². The zero-order valence-electron chi connectivity index (χ0n) is 11.2. The summed E-state index contributed by atoms with van der Waals surface area (Å²) in [5, 5.41) is 6.91. The normalized spacial score (nSPS) is 24.6. The van der Waals surface area contributed by atoms with Crippen molar-refractivity contribution in [2.75, 3.05) is 12.4 Å². The van der Waals surface area contributed by atoms with Gasteiger partial charge in [0, 0.05) is 23.1 Å². The molecule has 1 fully saturated rings. The van der Waals surface area contributed by atoms with E-state index in [1.165, 1.54) is 0 Å². The summed E-state index contributed by atoms with van der Waals surface area (Å²) in [5.74, 6) is 0.876. The maximum Gasteiger partial charge on any atom is 0.0757 e. The molecule has 0 amide bonds. The van der Waals surface area contributed by atoms with Gasteiger partial charge in [-0.3, -0.25) is 0 Å². The van der Waals surface area contributed by atoms with Crippen LogP contribution >= 0.6 is 12.0 Å². The van der Waals surface area contributed by atoms with Gasteiger partial charge < -0.3 is 14.8 Å². The van der Waals surface area contributed by atoms with E-state index >= 15 is 0 Å². The molecule has 2 N–H and O–H groups in total. The third-order valence-corrected chi connectivity index (χ3v) is 3.50. The summed E-state index contributed by atoms with van der Waals surface area (Å²) < 4.78 is 5.87. The van der Waals surface area contributed by atoms with E-state index < -0.39 is 0 Å². The number of hydrogen-bond donors (Lipinski definition) is 2. The molecule has 0 bridgehead atoms. The highest BCUT2D eigenvalue weighted by Crippen LogP contribution is 2.31. The summed E-state index contributed by atoms with van der Waals surface area (Å²) in [6.45, 7) is 12.1. The van der Waals surface area contributed by atoms with Gasteiger partial charge in [0.1, 0.15) is 0 Å². The van der Waals surface area contributed by atoms with E-state index in [-0.39, 0.29) is 11.1 Å². The highest BCUT2D eigenvalue weighted by Gasteiger charge is 2.38. The molecule has 0 aromatic carbocycles. The maximum atomic E-state index is 5.87. The fourth-order valence-electron chi connectivity index (χ4n) is 2.57. The maximum absolute atomic E-state index is 5.87. The molecular formula is C12H26N2OS. The van der Waals surface area contributed by atoms with E-state index in [0.717, 1.165) is 25.3 Å². The highest BCUT2D eigenvalue weighted by atomic mass is 32.2. The number of piperidine rings is 1. The largest absolute Gasteiger partial charge is 0.311 e. The zero-order valence-corrected chi connectivity index (χ0v) is 12.0. The van der Waals surface area contributed by atoms with Crippen molar-refractivity contribution in [3.05, 3.63) is 0 Å². The predicted octanol–water partition coefficient (Wildman–Crippen LogP) is 2.53. The van der Waals surface area contributed by atoms with Crippen LogP contribution in [-0.4, -0.2) is 29.6 Å². The Morgan fingerprint density at radius 3 is 2.31 bits per heavy atom. The molecule has 0 atom stereocenters. The van der Waals surface area contributed by atoms with Crippen molar-refractivity contribution in [3.8, 4) is 0 Å². The zero-order chi connectivity index (χ0) is 12.2. The molecule has 1 heterocycles. The molecule has 0 spiro atoms. The highest BCUT2D eigenvalue weighted by molar-refractivity contribution is 7.94. The topological polar surface area (TPSA) is 33.3 Å². The second-order valence-electron chi connectivity index (χ2n) is 5.88. The van der Waals surface area contributed by atoms with Crippen LogP contribution in [0, 0.1) is 0 Å². The van der Waals surface area contributed by atoms with Crippen LogP contribution in [0.5, 0.6) is 0 Å². The Balaban J connectivity index is 2.36. The van der Waals surface area contributed by atoms with Gasteiger partial charge >= 0.3 is 0 Å². The van der Waals surface area contributed by atoms with Crippen molar-refractivity contribution in [1.82, 2.24) is 10.6 Å². The third-order valence-electron chi connectivity index (χ3n) is 2.77. The molecule has 4 heteroatoms. The van der Waals surface area contributed by atoms with Crippen LogP contribution < -0.4 is 10.6 Å². The molecule has 0 aliphatic carbocycles. The average Bonchev–Trinajstić information content (AvgIpc) is 2.07. The standard InChI is InChI=1S/C12H26N2OS/c1-6-13-9-16-15-10-7-11(2,3)14-12(4,5)8-10/h10,13-14H,6-9H2,1-5H3. The van der Waals surface area contributed by atoms with Crippen molar-refractivity contribution in [2.24, 2.45) is 0 Å². The van der Waals surface area contributed by atoms with Gasteiger partial charge in [0.15, 0.2) is 0 Å². The summed E-state index contributed by atoms with van der Waals surface area (Å²) in [5.41, 5.74) is 0.344. The molecular weight excluding hydrogens is 220 g/mol. The second kappa shape index (κ2) is 5.71. The summed E-state index contributed by atoms with van der Waals surface area (Å²) in [4.78, 5) is 0. The molecule has 16 heavy (non-hydrogen) atoms. The number of nitrogens with one attached hydrogen (secondary N) is 2. The van der Waals surface area contributed by atoms with Gasteiger partial charge in [-0.25, -0.2) is 0 Å². The third kappa shape index (κ3) is 5.04. The lowest BCUT2D eigenvalue weighted by Gasteiger charge is -2.45. The smallest absolute Gasteiger partial charge is 0.0757 e. The fraction of sp³-hybridized carbons (Fsp3) is 1.00. The molecule has 3 nitrogen and oxygen atoms in total. The van der Waals surface area contributed by atoms with Crippen LogP contribution in [0.4, 0.5) is 0 Å².